The van der Waals surface area contributed by atoms with Crippen LogP contribution in [0.2, 0.25) is 0 Å². The minimum absolute atomic E-state index is 0.0501. The summed E-state index contributed by atoms with van der Waals surface area (Å²) >= 11 is 0. The molecule has 1 heterocycles. The maximum absolute atomic E-state index is 12.5. The lowest BCUT2D eigenvalue weighted by atomic mass is 10.1. The molecule has 1 aliphatic heterocycles. The number of anilines is 1. The minimum Gasteiger partial charge on any atom is -0.497 e. The van der Waals surface area contributed by atoms with Gasteiger partial charge in [0.25, 0.3) is 11.8 Å². The molecule has 0 unspecified atom stereocenters. The fraction of sp³-hybridized carbons (Fsp3) is 0.111. The van der Waals surface area contributed by atoms with E-state index >= 15 is 0 Å². The Morgan fingerprint density at radius 1 is 0.958 bits per heavy atom. The number of amides is 2. The molecule has 1 aliphatic rings. The first kappa shape index (κ1) is 15.6. The molecule has 2 aromatic carbocycles. The number of carbonyl (C=O) groups is 2. The standard InChI is InChI=1S/C18H16N2O4/c1-23-14-8-12(9-15(11-14)24-2)10-16-17(21)19-20(18(16)22)13-6-4-3-5-7-13/h3-11H,1-2H3,(H,19,21). The Kier molecular flexibility index (Phi) is 4.20. The summed E-state index contributed by atoms with van der Waals surface area (Å²) in [7, 11) is 3.08. The maximum atomic E-state index is 12.5. The van der Waals surface area contributed by atoms with Gasteiger partial charge in [-0.2, -0.15) is 0 Å². The molecule has 0 spiro atoms. The van der Waals surface area contributed by atoms with Gasteiger partial charge in [0.15, 0.2) is 0 Å². The quantitative estimate of drug-likeness (QED) is 0.691. The first-order valence-electron chi connectivity index (χ1n) is 7.27. The molecule has 1 fully saturated rings. The summed E-state index contributed by atoms with van der Waals surface area (Å²) in [5.74, 6) is 0.289. The van der Waals surface area contributed by atoms with Crippen LogP contribution in [0.3, 0.4) is 0 Å². The van der Waals surface area contributed by atoms with Crippen molar-refractivity contribution < 1.29 is 19.1 Å². The Morgan fingerprint density at radius 3 is 2.17 bits per heavy atom. The van der Waals surface area contributed by atoms with Crippen LogP contribution in [0.25, 0.3) is 6.08 Å². The van der Waals surface area contributed by atoms with Crippen molar-refractivity contribution in [2.75, 3.05) is 19.2 Å². The SMILES string of the molecule is COc1cc(C=C2C(=O)NN(c3ccccc3)C2=O)cc(OC)c1. The van der Waals surface area contributed by atoms with Crippen molar-refractivity contribution in [3.8, 4) is 11.5 Å². The van der Waals surface area contributed by atoms with E-state index < -0.39 is 11.8 Å². The Morgan fingerprint density at radius 2 is 1.58 bits per heavy atom. The normalized spacial score (nSPS) is 15.6. The van der Waals surface area contributed by atoms with E-state index in [2.05, 4.69) is 5.43 Å². The predicted octanol–water partition coefficient (Wildman–Crippen LogP) is 2.17. The van der Waals surface area contributed by atoms with Crippen LogP contribution in [0.4, 0.5) is 5.69 Å². The third-order valence-corrected chi connectivity index (χ3v) is 3.59. The van der Waals surface area contributed by atoms with Gasteiger partial charge < -0.3 is 9.47 Å². The first-order chi connectivity index (χ1) is 11.6. The number of methoxy groups -OCH3 is 2. The highest BCUT2D eigenvalue weighted by atomic mass is 16.5. The molecule has 1 N–H and O–H groups in total. The fourth-order valence-electron chi connectivity index (χ4n) is 2.40. The third-order valence-electron chi connectivity index (χ3n) is 3.59. The number of hydrazine groups is 1. The van der Waals surface area contributed by atoms with Crippen LogP contribution in [0, 0.1) is 0 Å². The summed E-state index contributed by atoms with van der Waals surface area (Å²) in [4.78, 5) is 24.7. The third kappa shape index (κ3) is 2.94. The molecule has 0 bridgehead atoms. The summed E-state index contributed by atoms with van der Waals surface area (Å²) in [5, 5.41) is 1.23. The Balaban J connectivity index is 1.96. The van der Waals surface area contributed by atoms with Crippen molar-refractivity contribution >= 4 is 23.6 Å². The molecule has 6 heteroatoms. The Labute approximate surface area is 139 Å². The predicted molar refractivity (Wildman–Crippen MR) is 89.6 cm³/mol. The van der Waals surface area contributed by atoms with Gasteiger partial charge in [-0.05, 0) is 35.9 Å². The molecule has 0 aromatic heterocycles. The van der Waals surface area contributed by atoms with Crippen molar-refractivity contribution in [2.24, 2.45) is 0 Å². The number of benzene rings is 2. The number of carbonyl (C=O) groups excluding carboxylic acids is 2. The van der Waals surface area contributed by atoms with Crippen LogP contribution in [-0.2, 0) is 9.59 Å². The Bertz CT molecular complexity index is 793. The van der Waals surface area contributed by atoms with Crippen molar-refractivity contribution in [3.63, 3.8) is 0 Å². The first-order valence-corrected chi connectivity index (χ1v) is 7.27. The van der Waals surface area contributed by atoms with Crippen LogP contribution in [-0.4, -0.2) is 26.0 Å². The highest BCUT2D eigenvalue weighted by molar-refractivity contribution is 6.31. The highest BCUT2D eigenvalue weighted by Crippen LogP contribution is 2.26. The highest BCUT2D eigenvalue weighted by Gasteiger charge is 2.34. The molecule has 2 aromatic rings. The van der Waals surface area contributed by atoms with Crippen LogP contribution in [0.15, 0.2) is 54.1 Å². The number of ether oxygens (including phenoxy) is 2. The summed E-state index contributed by atoms with van der Waals surface area (Å²) in [6, 6.07) is 14.1. The van der Waals surface area contributed by atoms with E-state index in [4.69, 9.17) is 9.47 Å². The maximum Gasteiger partial charge on any atom is 0.282 e. The summed E-state index contributed by atoms with van der Waals surface area (Å²) in [5.41, 5.74) is 3.85. The van der Waals surface area contributed by atoms with Gasteiger partial charge >= 0.3 is 0 Å². The van der Waals surface area contributed by atoms with E-state index in [1.165, 1.54) is 25.3 Å². The van der Waals surface area contributed by atoms with Gasteiger partial charge in [-0.25, -0.2) is 5.01 Å². The van der Waals surface area contributed by atoms with Gasteiger partial charge in [0.05, 0.1) is 19.9 Å². The largest absolute Gasteiger partial charge is 0.497 e. The van der Waals surface area contributed by atoms with E-state index in [0.29, 0.717) is 22.7 Å². The van der Waals surface area contributed by atoms with Gasteiger partial charge in [0.1, 0.15) is 17.1 Å². The van der Waals surface area contributed by atoms with Gasteiger partial charge in [-0.3, -0.25) is 15.0 Å². The van der Waals surface area contributed by atoms with Gasteiger partial charge in [-0.1, -0.05) is 18.2 Å². The molecule has 1 saturated heterocycles. The molecule has 24 heavy (non-hydrogen) atoms. The topological polar surface area (TPSA) is 67.9 Å². The van der Waals surface area contributed by atoms with Crippen molar-refractivity contribution in [3.05, 3.63) is 59.7 Å². The molecule has 2 amide bonds. The van der Waals surface area contributed by atoms with E-state index in [0.717, 1.165) is 0 Å². The van der Waals surface area contributed by atoms with Gasteiger partial charge in [0.2, 0.25) is 0 Å². The molecule has 122 valence electrons. The van der Waals surface area contributed by atoms with Crippen LogP contribution >= 0.6 is 0 Å². The number of hydrogen-bond donors (Lipinski definition) is 1. The fourth-order valence-corrected chi connectivity index (χ4v) is 2.40. The summed E-state index contributed by atoms with van der Waals surface area (Å²) < 4.78 is 10.4. The molecular formula is C18H16N2O4. The summed E-state index contributed by atoms with van der Waals surface area (Å²) in [6.45, 7) is 0. The van der Waals surface area contributed by atoms with Crippen LogP contribution < -0.4 is 19.9 Å². The molecular weight excluding hydrogens is 308 g/mol. The number of nitrogens with zero attached hydrogens (tertiary/aromatic N) is 1. The zero-order chi connectivity index (χ0) is 17.1. The number of hydrogen-bond acceptors (Lipinski definition) is 4. The molecule has 6 nitrogen and oxygen atoms in total. The lowest BCUT2D eigenvalue weighted by molar-refractivity contribution is -0.117. The van der Waals surface area contributed by atoms with Gasteiger partial charge in [-0.15, -0.1) is 0 Å². The second-order valence-corrected chi connectivity index (χ2v) is 5.12. The molecule has 0 atom stereocenters. The molecule has 0 radical (unpaired) electrons. The molecule has 0 saturated carbocycles. The smallest absolute Gasteiger partial charge is 0.282 e. The van der Waals surface area contributed by atoms with Crippen LogP contribution in [0.5, 0.6) is 11.5 Å². The second kappa shape index (κ2) is 6.45. The zero-order valence-electron chi connectivity index (χ0n) is 13.3. The number of para-hydroxylation sites is 1. The lowest BCUT2D eigenvalue weighted by Crippen LogP contribution is -2.35. The zero-order valence-corrected chi connectivity index (χ0v) is 13.3. The van der Waals surface area contributed by atoms with Crippen molar-refractivity contribution in [1.82, 2.24) is 5.43 Å². The van der Waals surface area contributed by atoms with E-state index in [9.17, 15) is 9.59 Å². The summed E-state index contributed by atoms with van der Waals surface area (Å²) in [6.07, 6.45) is 1.52. The van der Waals surface area contributed by atoms with Crippen molar-refractivity contribution in [1.29, 1.82) is 0 Å². The average Bonchev–Trinajstić information content (AvgIpc) is 2.90. The molecule has 3 rings (SSSR count). The molecule has 0 aliphatic carbocycles. The van der Waals surface area contributed by atoms with Crippen LogP contribution in [0.1, 0.15) is 5.56 Å². The van der Waals surface area contributed by atoms with E-state index in [1.54, 1.807) is 42.5 Å². The van der Waals surface area contributed by atoms with Crippen molar-refractivity contribution in [2.45, 2.75) is 0 Å². The van der Waals surface area contributed by atoms with E-state index in [1.807, 2.05) is 6.07 Å². The second-order valence-electron chi connectivity index (χ2n) is 5.12. The Hall–Kier alpha value is -3.28. The monoisotopic (exact) mass is 324 g/mol. The van der Waals surface area contributed by atoms with Gasteiger partial charge in [0, 0.05) is 6.07 Å². The minimum atomic E-state index is -0.453. The average molecular weight is 324 g/mol. The number of nitrogens with one attached hydrogen (secondary N) is 1. The van der Waals surface area contributed by atoms with E-state index in [-0.39, 0.29) is 5.57 Å². The lowest BCUT2D eigenvalue weighted by Gasteiger charge is -2.13. The number of rotatable bonds is 4.